The standard InChI is InChI=1S/C17H22N4O2/c1-23-15-5-3-14(4-6-15)16(22)13-20-9-11-21(12-10-20)17-18-7-2-8-19-17/h2-8,16,22H,9-13H2,1H3/t16-/m1/s1. The second kappa shape index (κ2) is 7.39. The van der Waals surface area contributed by atoms with Crippen molar-refractivity contribution in [1.82, 2.24) is 14.9 Å². The van der Waals surface area contributed by atoms with Crippen molar-refractivity contribution in [1.29, 1.82) is 0 Å². The van der Waals surface area contributed by atoms with E-state index in [-0.39, 0.29) is 0 Å². The lowest BCUT2D eigenvalue weighted by Gasteiger charge is -2.35. The van der Waals surface area contributed by atoms with Gasteiger partial charge in [-0.05, 0) is 23.8 Å². The van der Waals surface area contributed by atoms with Gasteiger partial charge < -0.3 is 14.7 Å². The molecule has 0 unspecified atom stereocenters. The average Bonchev–Trinajstić information content (AvgIpc) is 2.63. The molecule has 0 spiro atoms. The number of anilines is 1. The van der Waals surface area contributed by atoms with Crippen LogP contribution in [0.25, 0.3) is 0 Å². The summed E-state index contributed by atoms with van der Waals surface area (Å²) in [7, 11) is 1.64. The van der Waals surface area contributed by atoms with Gasteiger partial charge in [0.2, 0.25) is 5.95 Å². The molecule has 1 fully saturated rings. The maximum Gasteiger partial charge on any atom is 0.225 e. The molecule has 0 radical (unpaired) electrons. The van der Waals surface area contributed by atoms with Gasteiger partial charge in [-0.1, -0.05) is 12.1 Å². The number of aliphatic hydroxyl groups excluding tert-OH is 1. The number of aliphatic hydroxyl groups is 1. The molecule has 1 aliphatic rings. The topological polar surface area (TPSA) is 61.7 Å². The Balaban J connectivity index is 1.51. The van der Waals surface area contributed by atoms with Crippen molar-refractivity contribution in [2.75, 3.05) is 44.7 Å². The molecule has 2 aromatic rings. The smallest absolute Gasteiger partial charge is 0.225 e. The summed E-state index contributed by atoms with van der Waals surface area (Å²) in [6.07, 6.45) is 3.05. The SMILES string of the molecule is COc1ccc([C@H](O)CN2CCN(c3ncccn3)CC2)cc1. The van der Waals surface area contributed by atoms with Crippen molar-refractivity contribution in [3.63, 3.8) is 0 Å². The molecule has 2 heterocycles. The molecule has 1 aromatic carbocycles. The third-order valence-electron chi connectivity index (χ3n) is 4.14. The summed E-state index contributed by atoms with van der Waals surface area (Å²) in [5.74, 6) is 1.58. The minimum Gasteiger partial charge on any atom is -0.497 e. The molecular formula is C17H22N4O2. The number of aromatic nitrogens is 2. The van der Waals surface area contributed by atoms with Crippen molar-refractivity contribution in [2.24, 2.45) is 0 Å². The summed E-state index contributed by atoms with van der Waals surface area (Å²) in [5, 5.41) is 10.4. The number of rotatable bonds is 5. The monoisotopic (exact) mass is 314 g/mol. The summed E-state index contributed by atoms with van der Waals surface area (Å²) in [5.41, 5.74) is 0.916. The average molecular weight is 314 g/mol. The van der Waals surface area contributed by atoms with Crippen LogP contribution in [-0.2, 0) is 0 Å². The maximum absolute atomic E-state index is 10.4. The largest absolute Gasteiger partial charge is 0.497 e. The summed E-state index contributed by atoms with van der Waals surface area (Å²) in [4.78, 5) is 13.0. The summed E-state index contributed by atoms with van der Waals surface area (Å²) in [6.45, 7) is 4.17. The number of piperazine rings is 1. The molecule has 1 aromatic heterocycles. The predicted octanol–water partition coefficient (Wildman–Crippen LogP) is 1.34. The normalized spacial score (nSPS) is 17.0. The van der Waals surface area contributed by atoms with Crippen LogP contribution in [0.3, 0.4) is 0 Å². The third-order valence-corrected chi connectivity index (χ3v) is 4.14. The van der Waals surface area contributed by atoms with Gasteiger partial charge in [-0.15, -0.1) is 0 Å². The molecule has 1 aliphatic heterocycles. The van der Waals surface area contributed by atoms with Gasteiger partial charge in [0, 0.05) is 45.1 Å². The van der Waals surface area contributed by atoms with Crippen LogP contribution in [0.15, 0.2) is 42.7 Å². The zero-order valence-corrected chi connectivity index (χ0v) is 13.3. The van der Waals surface area contributed by atoms with Crippen molar-refractivity contribution in [3.8, 4) is 5.75 Å². The van der Waals surface area contributed by atoms with Crippen molar-refractivity contribution >= 4 is 5.95 Å². The van der Waals surface area contributed by atoms with Gasteiger partial charge >= 0.3 is 0 Å². The molecule has 1 N–H and O–H groups in total. The molecule has 1 atom stereocenters. The van der Waals surface area contributed by atoms with E-state index in [2.05, 4.69) is 19.8 Å². The second-order valence-corrected chi connectivity index (χ2v) is 5.63. The minimum absolute atomic E-state index is 0.486. The van der Waals surface area contributed by atoms with Gasteiger partial charge in [-0.25, -0.2) is 9.97 Å². The van der Waals surface area contributed by atoms with E-state index in [1.54, 1.807) is 19.5 Å². The molecule has 1 saturated heterocycles. The summed E-state index contributed by atoms with van der Waals surface area (Å²) >= 11 is 0. The molecule has 0 saturated carbocycles. The highest BCUT2D eigenvalue weighted by Crippen LogP contribution is 2.19. The van der Waals surface area contributed by atoms with E-state index >= 15 is 0 Å². The Morgan fingerprint density at radius 2 is 1.74 bits per heavy atom. The molecule has 0 amide bonds. The fourth-order valence-electron chi connectivity index (χ4n) is 2.76. The van der Waals surface area contributed by atoms with Gasteiger partial charge in [0.25, 0.3) is 0 Å². The van der Waals surface area contributed by atoms with Crippen LogP contribution in [0.4, 0.5) is 5.95 Å². The summed E-state index contributed by atoms with van der Waals surface area (Å²) in [6, 6.07) is 9.41. The third kappa shape index (κ3) is 3.97. The Morgan fingerprint density at radius 1 is 1.09 bits per heavy atom. The highest BCUT2D eigenvalue weighted by molar-refractivity contribution is 5.30. The van der Waals surface area contributed by atoms with Crippen LogP contribution in [0, 0.1) is 0 Å². The van der Waals surface area contributed by atoms with Crippen LogP contribution in [0.2, 0.25) is 0 Å². The van der Waals surface area contributed by atoms with Crippen LogP contribution in [0.5, 0.6) is 5.75 Å². The Bertz CT molecular complexity index is 598. The van der Waals surface area contributed by atoms with E-state index in [1.165, 1.54) is 0 Å². The maximum atomic E-state index is 10.4. The van der Waals surface area contributed by atoms with Crippen LogP contribution in [0.1, 0.15) is 11.7 Å². The van der Waals surface area contributed by atoms with Crippen LogP contribution >= 0.6 is 0 Å². The number of hydrogen-bond donors (Lipinski definition) is 1. The molecule has 122 valence electrons. The van der Waals surface area contributed by atoms with Crippen LogP contribution < -0.4 is 9.64 Å². The van der Waals surface area contributed by atoms with Gasteiger partial charge in [0.05, 0.1) is 13.2 Å². The van der Waals surface area contributed by atoms with E-state index in [0.717, 1.165) is 43.4 Å². The van der Waals surface area contributed by atoms with Crippen molar-refractivity contribution in [3.05, 3.63) is 48.3 Å². The molecule has 23 heavy (non-hydrogen) atoms. The Morgan fingerprint density at radius 3 is 2.35 bits per heavy atom. The first-order chi connectivity index (χ1) is 11.3. The molecule has 6 heteroatoms. The molecule has 3 rings (SSSR count). The highest BCUT2D eigenvalue weighted by atomic mass is 16.5. The molecule has 0 aliphatic carbocycles. The first kappa shape index (κ1) is 15.7. The zero-order chi connectivity index (χ0) is 16.1. The number of benzene rings is 1. The molecule has 6 nitrogen and oxygen atoms in total. The zero-order valence-electron chi connectivity index (χ0n) is 13.3. The lowest BCUT2D eigenvalue weighted by Crippen LogP contribution is -2.48. The van der Waals surface area contributed by atoms with E-state index < -0.39 is 6.10 Å². The lowest BCUT2D eigenvalue weighted by molar-refractivity contribution is 0.109. The number of nitrogens with zero attached hydrogens (tertiary/aromatic N) is 4. The fourth-order valence-corrected chi connectivity index (χ4v) is 2.76. The Kier molecular flexibility index (Phi) is 5.05. The van der Waals surface area contributed by atoms with Crippen molar-refractivity contribution < 1.29 is 9.84 Å². The Labute approximate surface area is 136 Å². The van der Waals surface area contributed by atoms with Gasteiger partial charge in [-0.3, -0.25) is 4.90 Å². The van der Waals surface area contributed by atoms with Gasteiger partial charge in [-0.2, -0.15) is 0 Å². The van der Waals surface area contributed by atoms with Crippen LogP contribution in [-0.4, -0.2) is 59.8 Å². The number of methoxy groups -OCH3 is 1. The number of β-amino-alcohol motifs (C(OH)–C–C–N with tert-alkyl or cyclic N) is 1. The van der Waals surface area contributed by atoms with E-state index in [9.17, 15) is 5.11 Å². The predicted molar refractivity (Wildman–Crippen MR) is 88.6 cm³/mol. The fraction of sp³-hybridized carbons (Fsp3) is 0.412. The molecule has 0 bridgehead atoms. The van der Waals surface area contributed by atoms with E-state index in [1.807, 2.05) is 30.3 Å². The highest BCUT2D eigenvalue weighted by Gasteiger charge is 2.21. The minimum atomic E-state index is -0.486. The summed E-state index contributed by atoms with van der Waals surface area (Å²) < 4.78 is 5.14. The number of hydrogen-bond acceptors (Lipinski definition) is 6. The number of ether oxygens (including phenoxy) is 1. The molecular weight excluding hydrogens is 292 g/mol. The van der Waals surface area contributed by atoms with E-state index in [4.69, 9.17) is 4.74 Å². The van der Waals surface area contributed by atoms with Crippen molar-refractivity contribution in [2.45, 2.75) is 6.10 Å². The quantitative estimate of drug-likeness (QED) is 0.899. The first-order valence-electron chi connectivity index (χ1n) is 7.82. The second-order valence-electron chi connectivity index (χ2n) is 5.63. The Hall–Kier alpha value is -2.18. The van der Waals surface area contributed by atoms with Gasteiger partial charge in [0.15, 0.2) is 0 Å². The lowest BCUT2D eigenvalue weighted by atomic mass is 10.1. The van der Waals surface area contributed by atoms with E-state index in [0.29, 0.717) is 6.54 Å². The first-order valence-corrected chi connectivity index (χ1v) is 7.82. The van der Waals surface area contributed by atoms with Gasteiger partial charge in [0.1, 0.15) is 5.75 Å².